The summed E-state index contributed by atoms with van der Waals surface area (Å²) < 4.78 is 1.84. The molecule has 2 aromatic heterocycles. The lowest BCUT2D eigenvalue weighted by molar-refractivity contribution is -0.145. The van der Waals surface area contributed by atoms with E-state index < -0.39 is 11.9 Å². The number of nitrogens with zero attached hydrogens (tertiary/aromatic N) is 4. The summed E-state index contributed by atoms with van der Waals surface area (Å²) >= 11 is 0. The Morgan fingerprint density at radius 3 is 2.74 bits per heavy atom. The summed E-state index contributed by atoms with van der Waals surface area (Å²) in [6.45, 7) is 4.78. The molecule has 3 heterocycles. The molecule has 1 aliphatic heterocycles. The van der Waals surface area contributed by atoms with Gasteiger partial charge >= 0.3 is 5.97 Å². The van der Waals surface area contributed by atoms with Crippen molar-refractivity contribution in [3.63, 3.8) is 0 Å². The minimum absolute atomic E-state index is 0.112. The zero-order valence-electron chi connectivity index (χ0n) is 15.4. The van der Waals surface area contributed by atoms with E-state index in [1.165, 1.54) is 0 Å². The number of carboxylic acids is 1. The number of piperidine rings is 1. The molecule has 1 amide bonds. The Kier molecular flexibility index (Phi) is 6.18. The largest absolute Gasteiger partial charge is 0.481 e. The molecule has 0 saturated carbocycles. The molecule has 3 rings (SSSR count). The molecule has 0 aliphatic carbocycles. The average molecular weight is 371 g/mol. The maximum atomic E-state index is 12.6. The quantitative estimate of drug-likeness (QED) is 0.757. The number of carboxylic acid groups (broad SMARTS) is 1. The molecule has 1 fully saturated rings. The van der Waals surface area contributed by atoms with Crippen LogP contribution in [-0.4, -0.2) is 49.7 Å². The van der Waals surface area contributed by atoms with Crippen LogP contribution in [0.5, 0.6) is 0 Å². The molecule has 0 bridgehead atoms. The molecule has 27 heavy (non-hydrogen) atoms. The number of pyridine rings is 1. The lowest BCUT2D eigenvalue weighted by Crippen LogP contribution is -2.47. The van der Waals surface area contributed by atoms with Crippen molar-refractivity contribution in [3.05, 3.63) is 48.0 Å². The topological polar surface area (TPSA) is 100 Å². The number of amides is 1. The SMILES string of the molecule is CCn1cc(CN2C[C@@H](C(=O)O)C[C@@H](C(=O)NCc3cccnc3)C2)cn1. The number of carbonyl (C=O) groups is 2. The van der Waals surface area contributed by atoms with Gasteiger partial charge in [0.2, 0.25) is 5.91 Å². The summed E-state index contributed by atoms with van der Waals surface area (Å²) in [5.74, 6) is -1.86. The molecule has 2 atom stereocenters. The van der Waals surface area contributed by atoms with Gasteiger partial charge in [0, 0.05) is 56.9 Å². The van der Waals surface area contributed by atoms with Crippen molar-refractivity contribution in [1.29, 1.82) is 0 Å². The van der Waals surface area contributed by atoms with Crippen LogP contribution in [0.15, 0.2) is 36.9 Å². The van der Waals surface area contributed by atoms with Crippen molar-refractivity contribution in [1.82, 2.24) is 25.0 Å². The first kappa shape index (κ1) is 19.0. The van der Waals surface area contributed by atoms with E-state index in [1.807, 2.05) is 34.8 Å². The highest BCUT2D eigenvalue weighted by atomic mass is 16.4. The van der Waals surface area contributed by atoms with Gasteiger partial charge in [0.05, 0.1) is 18.0 Å². The van der Waals surface area contributed by atoms with Gasteiger partial charge in [0.1, 0.15) is 0 Å². The van der Waals surface area contributed by atoms with Crippen LogP contribution in [0.3, 0.4) is 0 Å². The van der Waals surface area contributed by atoms with E-state index in [4.69, 9.17) is 0 Å². The van der Waals surface area contributed by atoms with Crippen molar-refractivity contribution in [2.45, 2.75) is 33.0 Å². The summed E-state index contributed by atoms with van der Waals surface area (Å²) in [6.07, 6.45) is 7.51. The van der Waals surface area contributed by atoms with Gasteiger partial charge in [0.15, 0.2) is 0 Å². The maximum absolute atomic E-state index is 12.6. The van der Waals surface area contributed by atoms with Gasteiger partial charge in [-0.1, -0.05) is 6.07 Å². The van der Waals surface area contributed by atoms with Gasteiger partial charge in [-0.2, -0.15) is 5.10 Å². The molecule has 2 aromatic rings. The minimum Gasteiger partial charge on any atom is -0.481 e. The highest BCUT2D eigenvalue weighted by Gasteiger charge is 2.35. The predicted octanol–water partition coefficient (Wildman–Crippen LogP) is 1.14. The third-order valence-corrected chi connectivity index (χ3v) is 4.85. The molecule has 8 heteroatoms. The summed E-state index contributed by atoms with van der Waals surface area (Å²) in [4.78, 5) is 30.3. The molecular weight excluding hydrogens is 346 g/mol. The number of rotatable bonds is 7. The fourth-order valence-corrected chi connectivity index (χ4v) is 3.44. The number of carbonyl (C=O) groups excluding carboxylic acids is 1. The summed E-state index contributed by atoms with van der Waals surface area (Å²) in [6, 6.07) is 3.71. The standard InChI is InChI=1S/C19H25N5O3/c1-2-24-11-15(9-22-24)10-23-12-16(6-17(13-23)19(26)27)18(25)21-8-14-4-3-5-20-7-14/h3-5,7,9,11,16-17H,2,6,8,10,12-13H2,1H3,(H,21,25)(H,26,27)/t16-,17+/m1/s1. The highest BCUT2D eigenvalue weighted by molar-refractivity contribution is 5.80. The zero-order chi connectivity index (χ0) is 19.2. The number of nitrogens with one attached hydrogen (secondary N) is 1. The van der Waals surface area contributed by atoms with Crippen LogP contribution < -0.4 is 5.32 Å². The maximum Gasteiger partial charge on any atom is 0.307 e. The number of hydrogen-bond acceptors (Lipinski definition) is 5. The minimum atomic E-state index is -0.853. The van der Waals surface area contributed by atoms with Crippen molar-refractivity contribution in [2.75, 3.05) is 13.1 Å². The first-order valence-electron chi connectivity index (χ1n) is 9.18. The number of likely N-dealkylation sites (tertiary alicyclic amines) is 1. The second-order valence-corrected chi connectivity index (χ2v) is 6.95. The number of aryl methyl sites for hydroxylation is 1. The van der Waals surface area contributed by atoms with Crippen LogP contribution in [0.4, 0.5) is 0 Å². The zero-order valence-corrected chi connectivity index (χ0v) is 15.4. The van der Waals surface area contributed by atoms with Crippen LogP contribution in [0.25, 0.3) is 0 Å². The smallest absolute Gasteiger partial charge is 0.307 e. The molecule has 0 spiro atoms. The van der Waals surface area contributed by atoms with Crippen LogP contribution in [0, 0.1) is 11.8 Å². The van der Waals surface area contributed by atoms with Crippen LogP contribution >= 0.6 is 0 Å². The van der Waals surface area contributed by atoms with Crippen molar-refractivity contribution in [2.24, 2.45) is 11.8 Å². The monoisotopic (exact) mass is 371 g/mol. The van der Waals surface area contributed by atoms with Crippen LogP contribution in [0.1, 0.15) is 24.5 Å². The van der Waals surface area contributed by atoms with Gasteiger partial charge in [-0.3, -0.25) is 24.2 Å². The van der Waals surface area contributed by atoms with Gasteiger partial charge < -0.3 is 10.4 Å². The molecule has 144 valence electrons. The van der Waals surface area contributed by atoms with Gasteiger partial charge in [-0.25, -0.2) is 0 Å². The molecule has 1 saturated heterocycles. The molecule has 1 aliphatic rings. The Labute approximate surface area is 158 Å². The predicted molar refractivity (Wildman–Crippen MR) is 98.5 cm³/mol. The Hall–Kier alpha value is -2.74. The lowest BCUT2D eigenvalue weighted by atomic mass is 9.88. The molecule has 2 N–H and O–H groups in total. The Morgan fingerprint density at radius 2 is 2.07 bits per heavy atom. The molecule has 0 radical (unpaired) electrons. The van der Waals surface area contributed by atoms with E-state index in [0.29, 0.717) is 32.6 Å². The van der Waals surface area contributed by atoms with Crippen molar-refractivity contribution < 1.29 is 14.7 Å². The van der Waals surface area contributed by atoms with E-state index in [0.717, 1.165) is 17.7 Å². The summed E-state index contributed by atoms with van der Waals surface area (Å²) in [5, 5.41) is 16.7. The molecule has 8 nitrogen and oxygen atoms in total. The first-order valence-corrected chi connectivity index (χ1v) is 9.18. The van der Waals surface area contributed by atoms with E-state index in [-0.39, 0.29) is 11.8 Å². The fraction of sp³-hybridized carbons (Fsp3) is 0.474. The number of aliphatic carboxylic acids is 1. The van der Waals surface area contributed by atoms with Gasteiger partial charge in [-0.05, 0) is 25.0 Å². The molecular formula is C19H25N5O3. The third-order valence-electron chi connectivity index (χ3n) is 4.85. The van der Waals surface area contributed by atoms with Crippen molar-refractivity contribution >= 4 is 11.9 Å². The van der Waals surface area contributed by atoms with Crippen LogP contribution in [0.2, 0.25) is 0 Å². The third kappa shape index (κ3) is 5.13. The number of hydrogen-bond donors (Lipinski definition) is 2. The second kappa shape index (κ2) is 8.77. The fourth-order valence-electron chi connectivity index (χ4n) is 3.44. The number of aromatic nitrogens is 3. The summed E-state index contributed by atoms with van der Waals surface area (Å²) in [5.41, 5.74) is 1.94. The first-order chi connectivity index (χ1) is 13.0. The Balaban J connectivity index is 1.62. The Morgan fingerprint density at radius 1 is 1.26 bits per heavy atom. The lowest BCUT2D eigenvalue weighted by Gasteiger charge is -2.35. The second-order valence-electron chi connectivity index (χ2n) is 6.95. The normalized spacial score (nSPS) is 20.3. The average Bonchev–Trinajstić information content (AvgIpc) is 3.14. The van der Waals surface area contributed by atoms with Crippen molar-refractivity contribution in [3.8, 4) is 0 Å². The highest BCUT2D eigenvalue weighted by Crippen LogP contribution is 2.24. The molecule has 0 aromatic carbocycles. The summed E-state index contributed by atoms with van der Waals surface area (Å²) in [7, 11) is 0. The van der Waals surface area contributed by atoms with E-state index in [1.54, 1.807) is 18.6 Å². The Bertz CT molecular complexity index is 777. The van der Waals surface area contributed by atoms with Crippen LogP contribution in [-0.2, 0) is 29.2 Å². The van der Waals surface area contributed by atoms with E-state index >= 15 is 0 Å². The van der Waals surface area contributed by atoms with Gasteiger partial charge in [0.25, 0.3) is 0 Å². The van der Waals surface area contributed by atoms with E-state index in [2.05, 4.69) is 15.4 Å². The van der Waals surface area contributed by atoms with Gasteiger partial charge in [-0.15, -0.1) is 0 Å². The van der Waals surface area contributed by atoms with E-state index in [9.17, 15) is 14.7 Å². The molecule has 0 unspecified atom stereocenters.